The van der Waals surface area contributed by atoms with Crippen LogP contribution in [0.3, 0.4) is 0 Å². The number of aromatic nitrogens is 1. The summed E-state index contributed by atoms with van der Waals surface area (Å²) in [6.45, 7) is 7.21. The van der Waals surface area contributed by atoms with Gasteiger partial charge >= 0.3 is 0 Å². The fourth-order valence-electron chi connectivity index (χ4n) is 3.35. The van der Waals surface area contributed by atoms with Crippen molar-refractivity contribution in [2.45, 2.75) is 13.3 Å². The molecule has 2 heterocycles. The maximum Gasteiger partial charge on any atom is 0.227 e. The molecular formula is C19H27N3O3. The minimum atomic E-state index is -0.0121. The number of aliphatic hydroxyl groups excluding tert-OH is 1. The van der Waals surface area contributed by atoms with Gasteiger partial charge in [0.2, 0.25) is 5.91 Å². The van der Waals surface area contributed by atoms with Crippen molar-refractivity contribution in [2.75, 3.05) is 52.5 Å². The Morgan fingerprint density at radius 1 is 1.32 bits per heavy atom. The summed E-state index contributed by atoms with van der Waals surface area (Å²) in [7, 11) is 0. The molecule has 0 atom stereocenters. The third-order valence-electron chi connectivity index (χ3n) is 4.86. The Morgan fingerprint density at radius 2 is 2.12 bits per heavy atom. The van der Waals surface area contributed by atoms with Gasteiger partial charge in [-0.3, -0.25) is 9.69 Å². The zero-order valence-corrected chi connectivity index (χ0v) is 14.8. The van der Waals surface area contributed by atoms with E-state index in [1.807, 2.05) is 18.3 Å². The number of benzene rings is 1. The molecule has 0 saturated carbocycles. The van der Waals surface area contributed by atoms with E-state index < -0.39 is 0 Å². The van der Waals surface area contributed by atoms with E-state index in [0.29, 0.717) is 19.5 Å². The first kappa shape index (κ1) is 17.9. The molecule has 1 amide bonds. The van der Waals surface area contributed by atoms with Crippen LogP contribution in [-0.4, -0.2) is 78.3 Å². The van der Waals surface area contributed by atoms with Crippen molar-refractivity contribution < 1.29 is 14.6 Å². The number of ether oxygens (including phenoxy) is 1. The molecule has 0 aliphatic carbocycles. The second-order valence-electron chi connectivity index (χ2n) is 6.55. The summed E-state index contributed by atoms with van der Waals surface area (Å²) in [6.07, 6.45) is 2.28. The van der Waals surface area contributed by atoms with Gasteiger partial charge in [0.1, 0.15) is 0 Å². The number of aliphatic hydroxyl groups is 1. The molecule has 0 spiro atoms. The second kappa shape index (κ2) is 8.47. The summed E-state index contributed by atoms with van der Waals surface area (Å²) in [5, 5.41) is 10.4. The lowest BCUT2D eigenvalue weighted by Gasteiger charge is -2.30. The quantitative estimate of drug-likeness (QED) is 0.790. The van der Waals surface area contributed by atoms with E-state index in [1.165, 1.54) is 5.56 Å². The highest BCUT2D eigenvalue weighted by atomic mass is 16.5. The first-order valence-corrected chi connectivity index (χ1v) is 8.93. The number of para-hydroxylation sites is 1. The van der Waals surface area contributed by atoms with Crippen LogP contribution in [0.5, 0.6) is 0 Å². The molecule has 3 rings (SSSR count). The van der Waals surface area contributed by atoms with E-state index in [4.69, 9.17) is 4.74 Å². The van der Waals surface area contributed by atoms with Gasteiger partial charge in [-0.15, -0.1) is 0 Å². The predicted molar refractivity (Wildman–Crippen MR) is 97.7 cm³/mol. The van der Waals surface area contributed by atoms with E-state index in [9.17, 15) is 9.90 Å². The lowest BCUT2D eigenvalue weighted by atomic mass is 10.1. The van der Waals surface area contributed by atoms with Crippen LogP contribution in [-0.2, 0) is 16.0 Å². The van der Waals surface area contributed by atoms with Gasteiger partial charge in [0.25, 0.3) is 0 Å². The van der Waals surface area contributed by atoms with E-state index in [1.54, 1.807) is 4.90 Å². The Kier molecular flexibility index (Phi) is 6.07. The van der Waals surface area contributed by atoms with E-state index in [2.05, 4.69) is 22.9 Å². The molecular weight excluding hydrogens is 318 g/mol. The largest absolute Gasteiger partial charge is 0.395 e. The summed E-state index contributed by atoms with van der Waals surface area (Å²) in [5.41, 5.74) is 3.28. The summed E-state index contributed by atoms with van der Waals surface area (Å²) < 4.78 is 5.36. The molecule has 25 heavy (non-hydrogen) atoms. The fraction of sp³-hybridized carbons (Fsp3) is 0.526. The molecule has 6 nitrogen and oxygen atoms in total. The Balaban J connectivity index is 1.64. The molecule has 6 heteroatoms. The third-order valence-corrected chi connectivity index (χ3v) is 4.86. The van der Waals surface area contributed by atoms with Crippen LogP contribution in [0.25, 0.3) is 10.9 Å². The van der Waals surface area contributed by atoms with Crippen LogP contribution in [0.4, 0.5) is 0 Å². The molecule has 2 aromatic rings. The van der Waals surface area contributed by atoms with Crippen molar-refractivity contribution in [3.05, 3.63) is 35.5 Å². The monoisotopic (exact) mass is 345 g/mol. The van der Waals surface area contributed by atoms with E-state index in [0.717, 1.165) is 49.3 Å². The number of nitrogens with zero attached hydrogens (tertiary/aromatic N) is 2. The number of nitrogens with one attached hydrogen (secondary N) is 1. The highest BCUT2D eigenvalue weighted by molar-refractivity contribution is 5.90. The number of hydrogen-bond donors (Lipinski definition) is 2. The molecule has 1 saturated heterocycles. The lowest BCUT2D eigenvalue weighted by Crippen LogP contribution is -2.44. The second-order valence-corrected chi connectivity index (χ2v) is 6.55. The van der Waals surface area contributed by atoms with Crippen molar-refractivity contribution in [2.24, 2.45) is 0 Å². The standard InChI is InChI=1S/C19H27N3O3/c1-15-3-2-4-17-16(14-20-19(15)17)13-18(24)22(7-10-23)6-5-21-8-11-25-12-9-21/h2-4,14,20,23H,5-13H2,1H3. The number of fused-ring (bicyclic) bond motifs is 1. The summed E-state index contributed by atoms with van der Waals surface area (Å²) in [6, 6.07) is 6.12. The van der Waals surface area contributed by atoms with E-state index >= 15 is 0 Å². The minimum absolute atomic E-state index is 0.0121. The van der Waals surface area contributed by atoms with Gasteiger partial charge in [-0.25, -0.2) is 0 Å². The third kappa shape index (κ3) is 4.39. The van der Waals surface area contributed by atoms with Gasteiger partial charge in [0.15, 0.2) is 0 Å². The highest BCUT2D eigenvalue weighted by Crippen LogP contribution is 2.22. The molecule has 2 N–H and O–H groups in total. The molecule has 0 bridgehead atoms. The number of H-pyrrole nitrogens is 1. The number of carbonyl (C=O) groups is 1. The van der Waals surface area contributed by atoms with E-state index in [-0.39, 0.29) is 12.5 Å². The zero-order chi connectivity index (χ0) is 17.6. The highest BCUT2D eigenvalue weighted by Gasteiger charge is 2.18. The number of rotatable bonds is 7. The first-order valence-electron chi connectivity index (χ1n) is 8.93. The number of aryl methyl sites for hydroxylation is 1. The van der Waals surface area contributed by atoms with Gasteiger partial charge in [-0.05, 0) is 18.1 Å². The summed E-state index contributed by atoms with van der Waals surface area (Å²) >= 11 is 0. The lowest BCUT2D eigenvalue weighted by molar-refractivity contribution is -0.131. The smallest absolute Gasteiger partial charge is 0.227 e. The molecule has 136 valence electrons. The molecule has 0 radical (unpaired) electrons. The van der Waals surface area contributed by atoms with Crippen LogP contribution in [0, 0.1) is 6.92 Å². The van der Waals surface area contributed by atoms with Gasteiger partial charge < -0.3 is 19.7 Å². The van der Waals surface area contributed by atoms with Crippen molar-refractivity contribution in [3.8, 4) is 0 Å². The van der Waals surface area contributed by atoms with Gasteiger partial charge in [0, 0.05) is 49.8 Å². The van der Waals surface area contributed by atoms with Crippen LogP contribution < -0.4 is 0 Å². The van der Waals surface area contributed by atoms with Crippen molar-refractivity contribution in [3.63, 3.8) is 0 Å². The molecule has 1 fully saturated rings. The summed E-state index contributed by atoms with van der Waals surface area (Å²) in [5.74, 6) is 0.0599. The van der Waals surface area contributed by atoms with Gasteiger partial charge in [-0.2, -0.15) is 0 Å². The normalized spacial score (nSPS) is 15.6. The van der Waals surface area contributed by atoms with Crippen molar-refractivity contribution in [1.29, 1.82) is 0 Å². The molecule has 1 aromatic heterocycles. The Bertz CT molecular complexity index is 707. The van der Waals surface area contributed by atoms with Crippen molar-refractivity contribution in [1.82, 2.24) is 14.8 Å². The number of aromatic amines is 1. The number of carbonyl (C=O) groups excluding carboxylic acids is 1. The predicted octanol–water partition coefficient (Wildman–Crippen LogP) is 1.17. The van der Waals surface area contributed by atoms with Crippen LogP contribution in [0.15, 0.2) is 24.4 Å². The maximum absolute atomic E-state index is 12.8. The first-order chi connectivity index (χ1) is 12.2. The molecule has 1 aliphatic heterocycles. The zero-order valence-electron chi connectivity index (χ0n) is 14.8. The van der Waals surface area contributed by atoms with Crippen molar-refractivity contribution >= 4 is 16.8 Å². The van der Waals surface area contributed by atoms with Gasteiger partial charge in [0.05, 0.1) is 26.2 Å². The number of morpholine rings is 1. The fourth-order valence-corrected chi connectivity index (χ4v) is 3.35. The molecule has 0 unspecified atom stereocenters. The van der Waals surface area contributed by atoms with Crippen LogP contribution in [0.2, 0.25) is 0 Å². The molecule has 1 aliphatic rings. The van der Waals surface area contributed by atoms with Crippen LogP contribution in [0.1, 0.15) is 11.1 Å². The summed E-state index contributed by atoms with van der Waals surface area (Å²) in [4.78, 5) is 20.1. The van der Waals surface area contributed by atoms with Gasteiger partial charge in [-0.1, -0.05) is 18.2 Å². The number of hydrogen-bond acceptors (Lipinski definition) is 4. The Labute approximate surface area is 148 Å². The average Bonchev–Trinajstić information content (AvgIpc) is 3.04. The average molecular weight is 345 g/mol. The Hall–Kier alpha value is -1.89. The Morgan fingerprint density at radius 3 is 2.88 bits per heavy atom. The maximum atomic E-state index is 12.8. The molecule has 1 aromatic carbocycles. The van der Waals surface area contributed by atoms with Crippen LogP contribution >= 0.6 is 0 Å². The minimum Gasteiger partial charge on any atom is -0.395 e. The SMILES string of the molecule is Cc1cccc2c(CC(=O)N(CCO)CCN3CCOCC3)c[nH]c12. The topological polar surface area (TPSA) is 68.8 Å². The number of amides is 1.